The maximum atomic E-state index is 2.45. The van der Waals surface area contributed by atoms with Gasteiger partial charge in [0.05, 0.1) is 44.1 Å². The van der Waals surface area contributed by atoms with E-state index in [0.29, 0.717) is 0 Å². The largest absolute Gasteiger partial charge is 0.311 e. The highest BCUT2D eigenvalue weighted by atomic mass is 32.1. The zero-order chi connectivity index (χ0) is 76.3. The van der Waals surface area contributed by atoms with E-state index in [4.69, 9.17) is 0 Å². The molecule has 544 valence electrons. The fraction of sp³-hybridized carbons (Fsp3) is 0. The van der Waals surface area contributed by atoms with Gasteiger partial charge in [-0.1, -0.05) is 218 Å². The summed E-state index contributed by atoms with van der Waals surface area (Å²) in [5.41, 5.74) is 25.8. The van der Waals surface area contributed by atoms with Gasteiger partial charge in [0, 0.05) is 140 Å². The molecule has 6 heterocycles. The van der Waals surface area contributed by atoms with Gasteiger partial charge in [-0.15, -0.1) is 22.7 Å². The highest BCUT2D eigenvalue weighted by molar-refractivity contribution is 7.26. The van der Waals surface area contributed by atoms with Gasteiger partial charge in [0.25, 0.3) is 0 Å². The van der Waals surface area contributed by atoms with Crippen LogP contribution >= 0.6 is 22.7 Å². The highest BCUT2D eigenvalue weighted by Crippen LogP contribution is 2.47. The smallest absolute Gasteiger partial charge is 0.0548 e. The molecule has 0 amide bonds. The number of nitrogens with zero attached hydrogens (tertiary/aromatic N) is 6. The van der Waals surface area contributed by atoms with Gasteiger partial charge >= 0.3 is 0 Å². The average molecular weight is 1520 g/mol. The first kappa shape index (κ1) is 66.9. The lowest BCUT2D eigenvalue weighted by atomic mass is 10.0. The van der Waals surface area contributed by atoms with Gasteiger partial charge in [-0.25, -0.2) is 0 Å². The van der Waals surface area contributed by atoms with E-state index in [2.05, 4.69) is 453 Å². The molecule has 18 aromatic carbocycles. The van der Waals surface area contributed by atoms with E-state index in [1.165, 1.54) is 156 Å². The lowest BCUT2D eigenvalue weighted by Gasteiger charge is -2.25. The van der Waals surface area contributed by atoms with E-state index in [1.807, 2.05) is 22.7 Å². The molecule has 0 aliphatic heterocycles. The first-order valence-corrected chi connectivity index (χ1v) is 41.2. The molecule has 0 aliphatic rings. The summed E-state index contributed by atoms with van der Waals surface area (Å²) in [6.45, 7) is 0. The topological polar surface area (TPSA) is 26.2 Å². The summed E-state index contributed by atoms with van der Waals surface area (Å²) in [4.78, 5) is 4.65. The predicted molar refractivity (Wildman–Crippen MR) is 496 cm³/mol. The fourth-order valence-electron chi connectivity index (χ4n) is 18.1. The molecule has 24 aromatic rings. The second-order valence-electron chi connectivity index (χ2n) is 29.9. The molecule has 0 N–H and O–H groups in total. The van der Waals surface area contributed by atoms with Crippen molar-refractivity contribution in [2.24, 2.45) is 0 Å². The maximum absolute atomic E-state index is 2.45. The number of hydrogen-bond donors (Lipinski definition) is 0. The average Bonchev–Trinajstić information content (AvgIpc) is 1.58. The zero-order valence-electron chi connectivity index (χ0n) is 62.9. The van der Waals surface area contributed by atoms with Crippen molar-refractivity contribution in [3.8, 4) is 45.0 Å². The Morgan fingerprint density at radius 1 is 0.147 bits per heavy atom. The fourth-order valence-corrected chi connectivity index (χ4v) is 20.4. The third-order valence-corrected chi connectivity index (χ3v) is 25.6. The third kappa shape index (κ3) is 11.1. The van der Waals surface area contributed by atoms with Gasteiger partial charge in [-0.05, 0) is 229 Å². The van der Waals surface area contributed by atoms with E-state index in [9.17, 15) is 0 Å². The summed E-state index contributed by atoms with van der Waals surface area (Å²) in [6, 6.07) is 155. The van der Waals surface area contributed by atoms with Crippen LogP contribution in [0, 0.1) is 0 Å². The lowest BCUT2D eigenvalue weighted by molar-refractivity contribution is 1.17. The van der Waals surface area contributed by atoms with E-state index < -0.39 is 0 Å². The molecule has 24 rings (SSSR count). The molecule has 6 aromatic heterocycles. The van der Waals surface area contributed by atoms with Crippen LogP contribution in [0.25, 0.3) is 173 Å². The molecule has 0 unspecified atom stereocenters. The lowest BCUT2D eigenvalue weighted by Crippen LogP contribution is -2.09. The normalized spacial score (nSPS) is 11.8. The summed E-state index contributed by atoms with van der Waals surface area (Å²) < 4.78 is 14.9. The van der Waals surface area contributed by atoms with Crippen LogP contribution in [0.4, 0.5) is 34.1 Å². The van der Waals surface area contributed by atoms with Gasteiger partial charge in [0.15, 0.2) is 0 Å². The molecule has 0 saturated heterocycles. The van der Waals surface area contributed by atoms with Gasteiger partial charge in [-0.3, -0.25) is 0 Å². The Morgan fingerprint density at radius 3 is 0.828 bits per heavy atom. The Hall–Kier alpha value is -14.8. The molecule has 0 radical (unpaired) electrons. The number of aromatic nitrogens is 4. The van der Waals surface area contributed by atoms with Crippen molar-refractivity contribution in [3.63, 3.8) is 0 Å². The van der Waals surface area contributed by atoms with Crippen LogP contribution < -0.4 is 9.80 Å². The van der Waals surface area contributed by atoms with Crippen LogP contribution in [0.15, 0.2) is 425 Å². The molecular weight excluding hydrogens is 1450 g/mol. The Kier molecular flexibility index (Phi) is 15.9. The maximum Gasteiger partial charge on any atom is 0.0548 e. The SMILES string of the molecule is c1ccc(N(c2ccccc2)c2ccc(-n3c4ccccc4c4cc(-c5ccc(-n6c7ccccc7c7cc8sc9ccccc9c8cc76)cc5)ccc43)cc2)cc1.c1ccc(N(c2ccccc2)c2ccc3c(c2)c2cc4sc5ccccc5c4cc2n3-c2ccc(-c3ccc4c(c3)c3ccccc3n4-c3ccccc3)cc2)cc1. The van der Waals surface area contributed by atoms with Crippen LogP contribution in [0.1, 0.15) is 0 Å². The van der Waals surface area contributed by atoms with Crippen molar-refractivity contribution >= 4 is 184 Å². The van der Waals surface area contributed by atoms with Crippen LogP contribution in [0.3, 0.4) is 0 Å². The van der Waals surface area contributed by atoms with Gasteiger partial charge in [-0.2, -0.15) is 0 Å². The van der Waals surface area contributed by atoms with Crippen molar-refractivity contribution in [1.29, 1.82) is 0 Å². The molecular formula is C108H70N6S2. The number of benzene rings is 18. The minimum Gasteiger partial charge on any atom is -0.311 e. The second-order valence-corrected chi connectivity index (χ2v) is 32.1. The first-order valence-electron chi connectivity index (χ1n) is 39.5. The zero-order valence-corrected chi connectivity index (χ0v) is 64.5. The van der Waals surface area contributed by atoms with E-state index in [1.54, 1.807) is 0 Å². The van der Waals surface area contributed by atoms with E-state index >= 15 is 0 Å². The molecule has 0 atom stereocenters. The summed E-state index contributed by atoms with van der Waals surface area (Å²) >= 11 is 3.75. The number of para-hydroxylation sites is 8. The van der Waals surface area contributed by atoms with Crippen LogP contribution in [-0.4, -0.2) is 18.3 Å². The number of thiophene rings is 2. The highest BCUT2D eigenvalue weighted by Gasteiger charge is 2.23. The van der Waals surface area contributed by atoms with Crippen LogP contribution in [-0.2, 0) is 0 Å². The molecule has 0 saturated carbocycles. The first-order chi connectivity index (χ1) is 57.5. The molecule has 8 heteroatoms. The number of rotatable bonds is 12. The van der Waals surface area contributed by atoms with Crippen molar-refractivity contribution < 1.29 is 0 Å². The van der Waals surface area contributed by atoms with Crippen molar-refractivity contribution in [1.82, 2.24) is 18.3 Å². The van der Waals surface area contributed by atoms with E-state index in [0.717, 1.165) is 51.2 Å². The van der Waals surface area contributed by atoms with E-state index in [-0.39, 0.29) is 0 Å². The standard InChI is InChI=1S/2C54H35N3S/c1-4-14-38(15-5-1)55(39-16-6-2-7-17-39)42-29-31-51-46(33-42)47-35-54-48(44-21-11-13-23-53(44)58-54)34-52(47)57(51)41-27-24-36(25-28-41)37-26-30-50-45(32-37)43-20-10-12-22-49(43)56(50)40-18-8-3-9-19-40;1-3-13-38(14-4-1)55(39-15-5-2-6-16-39)40-28-30-42(31-29-40)56-49-20-10-7-17-43(49)46-33-37(25-32-51(46)56)36-23-26-41(27-24-36)57-50-21-11-8-18-44(50)47-35-54-48(34-52(47)57)45-19-9-12-22-53(45)58-54/h2*1-35H. The Balaban J connectivity index is 0.000000137. The number of anilines is 6. The second kappa shape index (κ2) is 27.5. The summed E-state index contributed by atoms with van der Waals surface area (Å²) in [7, 11) is 0. The quantitative estimate of drug-likeness (QED) is 0.122. The minimum atomic E-state index is 1.11. The Bertz CT molecular complexity index is 7840. The van der Waals surface area contributed by atoms with Crippen LogP contribution in [0.2, 0.25) is 0 Å². The predicted octanol–water partition coefficient (Wildman–Crippen LogP) is 30.8. The molecule has 0 aliphatic carbocycles. The van der Waals surface area contributed by atoms with Gasteiger partial charge in [0.1, 0.15) is 0 Å². The summed E-state index contributed by atoms with van der Waals surface area (Å²) in [6.07, 6.45) is 0. The molecule has 6 nitrogen and oxygen atoms in total. The Morgan fingerprint density at radius 2 is 0.414 bits per heavy atom. The van der Waals surface area contributed by atoms with Crippen LogP contribution in [0.5, 0.6) is 0 Å². The molecule has 0 fully saturated rings. The third-order valence-electron chi connectivity index (χ3n) is 23.4. The number of hydrogen-bond acceptors (Lipinski definition) is 4. The van der Waals surface area contributed by atoms with Gasteiger partial charge < -0.3 is 28.1 Å². The van der Waals surface area contributed by atoms with Crippen molar-refractivity contribution in [3.05, 3.63) is 425 Å². The van der Waals surface area contributed by atoms with Crippen molar-refractivity contribution in [2.45, 2.75) is 0 Å². The van der Waals surface area contributed by atoms with Gasteiger partial charge in [0.2, 0.25) is 0 Å². The Labute approximate surface area is 677 Å². The summed E-state index contributed by atoms with van der Waals surface area (Å²) in [5.74, 6) is 0. The minimum absolute atomic E-state index is 1.11. The summed E-state index contributed by atoms with van der Waals surface area (Å²) in [5, 5.41) is 15.3. The number of fused-ring (bicyclic) bond motifs is 18. The molecule has 0 spiro atoms. The molecule has 0 bridgehead atoms. The van der Waals surface area contributed by atoms with Crippen molar-refractivity contribution in [2.75, 3.05) is 9.80 Å². The molecule has 116 heavy (non-hydrogen) atoms. The monoisotopic (exact) mass is 1510 g/mol.